The van der Waals surface area contributed by atoms with Gasteiger partial charge in [-0.3, -0.25) is 4.84 Å². The highest BCUT2D eigenvalue weighted by Crippen LogP contribution is 2.23. The summed E-state index contributed by atoms with van der Waals surface area (Å²) in [4.78, 5) is 5.47. The average Bonchev–Trinajstić information content (AvgIpc) is 2.26. The van der Waals surface area contributed by atoms with E-state index in [-0.39, 0.29) is 12.2 Å². The predicted octanol–water partition coefficient (Wildman–Crippen LogP) is 3.28. The molecule has 1 aromatic carbocycles. The zero-order valence-corrected chi connectivity index (χ0v) is 12.5. The molecule has 0 radical (unpaired) electrons. The first-order valence-electron chi connectivity index (χ1n) is 5.68. The molecule has 0 unspecified atom stereocenters. The molecule has 3 nitrogen and oxygen atoms in total. The van der Waals surface area contributed by atoms with Crippen LogP contribution in [0, 0.1) is 12.3 Å². The lowest BCUT2D eigenvalue weighted by Gasteiger charge is -2.20. The standard InChI is InChI=1S/C14H18BrNO2/c1-5-8-17-13-7-6-12(15)9-11(13)10-16-18-14(2,3)4/h1,6-7,9,16H,8,10H2,2-4H3. The quantitative estimate of drug-likeness (QED) is 0.668. The molecule has 1 rings (SSSR count). The second kappa shape index (κ2) is 6.79. The zero-order chi connectivity index (χ0) is 13.6. The van der Waals surface area contributed by atoms with Crippen molar-refractivity contribution in [1.29, 1.82) is 0 Å². The monoisotopic (exact) mass is 311 g/mol. The highest BCUT2D eigenvalue weighted by molar-refractivity contribution is 9.10. The van der Waals surface area contributed by atoms with Crippen molar-refractivity contribution >= 4 is 15.9 Å². The van der Waals surface area contributed by atoms with Gasteiger partial charge in [0.1, 0.15) is 12.4 Å². The molecule has 0 aromatic heterocycles. The van der Waals surface area contributed by atoms with Crippen molar-refractivity contribution in [3.8, 4) is 18.1 Å². The number of terminal acetylenes is 1. The topological polar surface area (TPSA) is 30.5 Å². The fraction of sp³-hybridized carbons (Fsp3) is 0.429. The van der Waals surface area contributed by atoms with Crippen LogP contribution in [-0.4, -0.2) is 12.2 Å². The molecule has 0 amide bonds. The number of hydroxylamine groups is 1. The van der Waals surface area contributed by atoms with Crippen LogP contribution >= 0.6 is 15.9 Å². The van der Waals surface area contributed by atoms with Crippen molar-refractivity contribution in [2.45, 2.75) is 32.9 Å². The largest absolute Gasteiger partial charge is 0.481 e. The minimum atomic E-state index is -0.230. The van der Waals surface area contributed by atoms with Crippen molar-refractivity contribution in [2.24, 2.45) is 0 Å². The second-order valence-corrected chi connectivity index (χ2v) is 5.70. The van der Waals surface area contributed by atoms with Crippen LogP contribution in [0.1, 0.15) is 26.3 Å². The summed E-state index contributed by atoms with van der Waals surface area (Å²) in [7, 11) is 0. The fourth-order valence-electron chi connectivity index (χ4n) is 1.28. The van der Waals surface area contributed by atoms with E-state index in [0.717, 1.165) is 15.8 Å². The van der Waals surface area contributed by atoms with Gasteiger partial charge in [-0.25, -0.2) is 0 Å². The van der Waals surface area contributed by atoms with Crippen LogP contribution in [0.15, 0.2) is 22.7 Å². The Morgan fingerprint density at radius 1 is 1.39 bits per heavy atom. The van der Waals surface area contributed by atoms with Crippen molar-refractivity contribution in [3.63, 3.8) is 0 Å². The molecular formula is C14H18BrNO2. The third-order valence-electron chi connectivity index (χ3n) is 1.97. The average molecular weight is 312 g/mol. The van der Waals surface area contributed by atoms with Gasteiger partial charge in [0.2, 0.25) is 0 Å². The molecule has 0 saturated heterocycles. The number of halogens is 1. The van der Waals surface area contributed by atoms with Crippen LogP contribution in [0.5, 0.6) is 5.75 Å². The molecule has 1 aromatic rings. The molecule has 0 aliphatic rings. The van der Waals surface area contributed by atoms with Gasteiger partial charge >= 0.3 is 0 Å². The van der Waals surface area contributed by atoms with Crippen molar-refractivity contribution in [2.75, 3.05) is 6.61 Å². The molecule has 1 N–H and O–H groups in total. The van der Waals surface area contributed by atoms with Gasteiger partial charge in [0.25, 0.3) is 0 Å². The molecular weight excluding hydrogens is 294 g/mol. The number of rotatable bonds is 5. The van der Waals surface area contributed by atoms with E-state index in [1.807, 2.05) is 39.0 Å². The molecule has 0 atom stereocenters. The Balaban J connectivity index is 2.67. The van der Waals surface area contributed by atoms with E-state index in [2.05, 4.69) is 27.3 Å². The van der Waals surface area contributed by atoms with Gasteiger partial charge in [0.05, 0.1) is 5.60 Å². The van der Waals surface area contributed by atoms with Gasteiger partial charge in [-0.2, -0.15) is 5.48 Å². The summed E-state index contributed by atoms with van der Waals surface area (Å²) >= 11 is 3.43. The number of ether oxygens (including phenoxy) is 1. The van der Waals surface area contributed by atoms with Crippen molar-refractivity contribution < 1.29 is 9.57 Å². The number of hydrogen-bond acceptors (Lipinski definition) is 3. The minimum absolute atomic E-state index is 0.230. The van der Waals surface area contributed by atoms with E-state index >= 15 is 0 Å². The van der Waals surface area contributed by atoms with Crippen molar-refractivity contribution in [3.05, 3.63) is 28.2 Å². The van der Waals surface area contributed by atoms with Crippen LogP contribution in [0.3, 0.4) is 0 Å². The van der Waals surface area contributed by atoms with Crippen LogP contribution < -0.4 is 10.2 Å². The van der Waals surface area contributed by atoms with Crippen molar-refractivity contribution in [1.82, 2.24) is 5.48 Å². The third-order valence-corrected chi connectivity index (χ3v) is 2.47. The molecule has 0 aliphatic carbocycles. The SMILES string of the molecule is C#CCOc1ccc(Br)cc1CNOC(C)(C)C. The van der Waals surface area contributed by atoms with E-state index < -0.39 is 0 Å². The summed E-state index contributed by atoms with van der Waals surface area (Å²) in [5, 5.41) is 0. The molecule has 4 heteroatoms. The highest BCUT2D eigenvalue weighted by Gasteiger charge is 2.11. The molecule has 0 aliphatic heterocycles. The molecule has 0 fully saturated rings. The second-order valence-electron chi connectivity index (χ2n) is 4.78. The number of nitrogens with one attached hydrogen (secondary N) is 1. The summed E-state index contributed by atoms with van der Waals surface area (Å²) < 4.78 is 6.46. The van der Waals surface area contributed by atoms with Gasteiger partial charge in [-0.05, 0) is 39.0 Å². The first-order valence-corrected chi connectivity index (χ1v) is 6.47. The summed E-state index contributed by atoms with van der Waals surface area (Å²) in [5.41, 5.74) is 3.69. The Labute approximate surface area is 117 Å². The van der Waals surface area contributed by atoms with E-state index in [1.165, 1.54) is 0 Å². The Bertz CT molecular complexity index is 432. The van der Waals surface area contributed by atoms with Gasteiger partial charge in [0.15, 0.2) is 0 Å². The first-order chi connectivity index (χ1) is 8.42. The van der Waals surface area contributed by atoms with Gasteiger partial charge in [0, 0.05) is 16.6 Å². The smallest absolute Gasteiger partial charge is 0.148 e. The maximum absolute atomic E-state index is 5.47. The predicted molar refractivity (Wildman–Crippen MR) is 76.1 cm³/mol. The zero-order valence-electron chi connectivity index (χ0n) is 10.9. The van der Waals surface area contributed by atoms with E-state index in [1.54, 1.807) is 0 Å². The summed E-state index contributed by atoms with van der Waals surface area (Å²) in [6.45, 7) is 6.76. The molecule has 18 heavy (non-hydrogen) atoms. The van der Waals surface area contributed by atoms with Gasteiger partial charge in [-0.1, -0.05) is 21.9 Å². The minimum Gasteiger partial charge on any atom is -0.481 e. The Kier molecular flexibility index (Phi) is 5.67. The van der Waals surface area contributed by atoms with E-state index in [4.69, 9.17) is 16.0 Å². The van der Waals surface area contributed by atoms with Crippen LogP contribution in [-0.2, 0) is 11.4 Å². The Morgan fingerprint density at radius 2 is 2.11 bits per heavy atom. The Hall–Kier alpha value is -1.02. The fourth-order valence-corrected chi connectivity index (χ4v) is 1.69. The molecule has 0 heterocycles. The molecule has 98 valence electrons. The first kappa shape index (κ1) is 15.0. The Morgan fingerprint density at radius 3 is 2.72 bits per heavy atom. The number of hydrogen-bond donors (Lipinski definition) is 1. The third kappa shape index (κ3) is 5.54. The van der Waals surface area contributed by atoms with Crippen LogP contribution in [0.4, 0.5) is 0 Å². The van der Waals surface area contributed by atoms with Crippen LogP contribution in [0.25, 0.3) is 0 Å². The van der Waals surface area contributed by atoms with Crippen LogP contribution in [0.2, 0.25) is 0 Å². The summed E-state index contributed by atoms with van der Waals surface area (Å²) in [6.07, 6.45) is 5.19. The number of benzene rings is 1. The van der Waals surface area contributed by atoms with E-state index in [9.17, 15) is 0 Å². The maximum Gasteiger partial charge on any atom is 0.148 e. The normalized spacial score (nSPS) is 11.1. The lowest BCUT2D eigenvalue weighted by Crippen LogP contribution is -2.28. The molecule has 0 saturated carbocycles. The summed E-state index contributed by atoms with van der Waals surface area (Å²) in [5.74, 6) is 3.22. The highest BCUT2D eigenvalue weighted by atomic mass is 79.9. The lowest BCUT2D eigenvalue weighted by atomic mass is 10.2. The molecule has 0 bridgehead atoms. The lowest BCUT2D eigenvalue weighted by molar-refractivity contribution is -0.0759. The van der Waals surface area contributed by atoms with Gasteiger partial charge < -0.3 is 4.74 Å². The maximum atomic E-state index is 5.47. The van der Waals surface area contributed by atoms with Gasteiger partial charge in [-0.15, -0.1) is 6.42 Å². The summed E-state index contributed by atoms with van der Waals surface area (Å²) in [6, 6.07) is 5.78. The van der Waals surface area contributed by atoms with E-state index in [0.29, 0.717) is 6.54 Å². The molecule has 0 spiro atoms.